The molecule has 3 amide bonds. The Balaban J connectivity index is 0.00000480. The molecule has 12 heteroatoms. The van der Waals surface area contributed by atoms with E-state index in [0.717, 1.165) is 4.90 Å². The fraction of sp³-hybridized carbons (Fsp3) is 0.105. The van der Waals surface area contributed by atoms with Gasteiger partial charge < -0.3 is 21.2 Å². The number of aromatic nitrogens is 1. The summed E-state index contributed by atoms with van der Waals surface area (Å²) in [6.07, 6.45) is 4.25. The minimum Gasteiger partial charge on any atom is -0.470 e. The number of nitrogens with zero attached hydrogens (tertiary/aromatic N) is 3. The van der Waals surface area contributed by atoms with Crippen LogP contribution in [0, 0.1) is 6.92 Å². The molecule has 1 aromatic carbocycles. The van der Waals surface area contributed by atoms with Gasteiger partial charge in [-0.3, -0.25) is 4.79 Å². The number of nitrogens with one attached hydrogen (secondary N) is 2. The number of anilines is 2. The van der Waals surface area contributed by atoms with Gasteiger partial charge in [-0.15, -0.1) is 0 Å². The second-order valence-electron chi connectivity index (χ2n) is 5.66. The van der Waals surface area contributed by atoms with Crippen molar-refractivity contribution in [3.63, 3.8) is 0 Å². The third-order valence-corrected chi connectivity index (χ3v) is 4.45. The Morgan fingerprint density at radius 3 is 2.65 bits per heavy atom. The van der Waals surface area contributed by atoms with Crippen LogP contribution in [0.3, 0.4) is 0 Å². The molecule has 0 atom stereocenters. The molecule has 0 unspecified atom stereocenters. The molecule has 1 heterocycles. The molecule has 31 heavy (non-hydrogen) atoms. The summed E-state index contributed by atoms with van der Waals surface area (Å²) in [5, 5.41) is 3.12. The molecule has 0 aliphatic carbocycles. The number of urea groups is 1. The van der Waals surface area contributed by atoms with Gasteiger partial charge in [0.1, 0.15) is 5.16 Å². The van der Waals surface area contributed by atoms with E-state index in [1.807, 2.05) is 0 Å². The summed E-state index contributed by atoms with van der Waals surface area (Å²) in [5.41, 5.74) is 6.30. The second-order valence-corrected chi connectivity index (χ2v) is 6.89. The number of rotatable bonds is 7. The molecule has 1 aromatic heterocycles. The number of carbonyl (C=O) groups excluding carboxylic acids is 2. The van der Waals surface area contributed by atoms with Crippen molar-refractivity contribution < 1.29 is 47.1 Å². The summed E-state index contributed by atoms with van der Waals surface area (Å²) in [6, 6.07) is 5.41. The van der Waals surface area contributed by atoms with E-state index < -0.39 is 11.9 Å². The van der Waals surface area contributed by atoms with Crippen LogP contribution in [-0.4, -0.2) is 24.0 Å². The summed E-state index contributed by atoms with van der Waals surface area (Å²) < 4.78 is 0. The number of pyridine rings is 1. The van der Waals surface area contributed by atoms with Crippen LogP contribution in [0.15, 0.2) is 54.3 Å². The van der Waals surface area contributed by atoms with Crippen molar-refractivity contribution in [3.05, 3.63) is 81.1 Å². The summed E-state index contributed by atoms with van der Waals surface area (Å²) in [5.74, 6) is -0.556. The summed E-state index contributed by atoms with van der Waals surface area (Å²) in [6.45, 7) is 5.24. The minimum absolute atomic E-state index is 0. The molecule has 2 aromatic rings. The Kier molecular flexibility index (Phi) is 11.7. The minimum atomic E-state index is -0.721. The van der Waals surface area contributed by atoms with E-state index in [9.17, 15) is 9.59 Å². The van der Waals surface area contributed by atoms with E-state index in [4.69, 9.17) is 34.8 Å². The van der Waals surface area contributed by atoms with Gasteiger partial charge in [0.25, 0.3) is 0 Å². The molecule has 0 saturated carbocycles. The summed E-state index contributed by atoms with van der Waals surface area (Å²) >= 11 is 18.5. The maximum absolute atomic E-state index is 13.2. The molecule has 0 fully saturated rings. The molecule has 8 nitrogen and oxygen atoms in total. The van der Waals surface area contributed by atoms with Crippen LogP contribution in [0.2, 0.25) is 10.0 Å². The Morgan fingerprint density at radius 2 is 2.03 bits per heavy atom. The molecule has 1 radical (unpaired) electrons. The maximum atomic E-state index is 13.2. The SMILES string of the molecule is C=C/C=C(/Cl)N(C(=O)Nc1c(C)cc(Cl)cc1C(=O)N[N-]OC)c1ncccc1Cl.[Y]. The molecular formula is C19H17Cl3N5O3Y-. The first-order valence-corrected chi connectivity index (χ1v) is 9.47. The molecule has 0 aliphatic rings. The van der Waals surface area contributed by atoms with Crippen molar-refractivity contribution >= 4 is 58.2 Å². The van der Waals surface area contributed by atoms with Crippen molar-refractivity contribution in [1.82, 2.24) is 10.4 Å². The zero-order chi connectivity index (χ0) is 22.3. The molecule has 0 spiro atoms. The number of hydrogen-bond donors (Lipinski definition) is 2. The molecular weight excluding hydrogens is 542 g/mol. The predicted molar refractivity (Wildman–Crippen MR) is 119 cm³/mol. The molecule has 0 aliphatic heterocycles. The topological polar surface area (TPSA) is 97.7 Å². The molecule has 2 rings (SSSR count). The third kappa shape index (κ3) is 7.25. The van der Waals surface area contributed by atoms with Crippen LogP contribution in [-0.2, 0) is 37.5 Å². The fourth-order valence-corrected chi connectivity index (χ4v) is 3.13. The average Bonchev–Trinajstić information content (AvgIpc) is 2.69. The molecule has 2 N–H and O–H groups in total. The van der Waals surface area contributed by atoms with Gasteiger partial charge in [0.05, 0.1) is 16.3 Å². The van der Waals surface area contributed by atoms with Crippen LogP contribution in [0.4, 0.5) is 16.3 Å². The number of benzene rings is 1. The van der Waals surface area contributed by atoms with Crippen LogP contribution >= 0.6 is 34.8 Å². The van der Waals surface area contributed by atoms with Gasteiger partial charge in [0.15, 0.2) is 5.82 Å². The zero-order valence-corrected chi connectivity index (χ0v) is 21.6. The first-order chi connectivity index (χ1) is 14.3. The van der Waals surface area contributed by atoms with Gasteiger partial charge in [0.2, 0.25) is 5.91 Å². The summed E-state index contributed by atoms with van der Waals surface area (Å²) in [7, 11) is 1.27. The standard InChI is InChI=1S/C19H17Cl3N5O3.Y/c1-4-6-15(22)27(17-14(21)7-5-8-23-17)19(29)24-16-11(2)9-12(20)10-13(16)18(28)25-26-30-3;/h4-10H,1H2,2-3H3,(H2,24,25,28,29);/q-1;/b15-6-;. The number of amides is 3. The van der Waals surface area contributed by atoms with Gasteiger partial charge in [-0.05, 0) is 42.8 Å². The normalized spacial score (nSPS) is 10.7. The van der Waals surface area contributed by atoms with Gasteiger partial charge in [0, 0.05) is 51.0 Å². The molecule has 161 valence electrons. The average molecular weight is 559 g/mol. The van der Waals surface area contributed by atoms with Crippen LogP contribution in [0.1, 0.15) is 15.9 Å². The van der Waals surface area contributed by atoms with Crippen LogP contribution in [0.5, 0.6) is 0 Å². The van der Waals surface area contributed by atoms with Gasteiger partial charge in [-0.1, -0.05) is 47.5 Å². The number of hydrogen-bond acceptors (Lipinski definition) is 4. The van der Waals surface area contributed by atoms with E-state index in [-0.39, 0.29) is 60.0 Å². The van der Waals surface area contributed by atoms with Gasteiger partial charge >= 0.3 is 6.03 Å². The number of carbonyl (C=O) groups is 2. The van der Waals surface area contributed by atoms with E-state index in [1.165, 1.54) is 31.5 Å². The number of halogens is 3. The van der Waals surface area contributed by atoms with E-state index in [0.29, 0.717) is 10.6 Å². The first-order valence-electron chi connectivity index (χ1n) is 8.33. The molecule has 0 bridgehead atoms. The first kappa shape index (κ1) is 27.5. The van der Waals surface area contributed by atoms with Crippen LogP contribution < -0.4 is 15.6 Å². The van der Waals surface area contributed by atoms with Crippen molar-refractivity contribution in [2.75, 3.05) is 17.3 Å². The Hall–Kier alpha value is -1.52. The molecule has 0 saturated heterocycles. The fourth-order valence-electron chi connectivity index (χ4n) is 2.41. The zero-order valence-electron chi connectivity index (χ0n) is 16.5. The third-order valence-electron chi connectivity index (χ3n) is 3.64. The number of aryl methyl sites for hydroxylation is 1. The van der Waals surface area contributed by atoms with Crippen LogP contribution in [0.25, 0.3) is 5.59 Å². The van der Waals surface area contributed by atoms with Crippen molar-refractivity contribution in [3.8, 4) is 0 Å². The van der Waals surface area contributed by atoms with Gasteiger partial charge in [-0.2, -0.15) is 0 Å². The van der Waals surface area contributed by atoms with E-state index in [2.05, 4.69) is 32.7 Å². The maximum Gasteiger partial charge on any atom is 0.332 e. The van der Waals surface area contributed by atoms with Gasteiger partial charge in [-0.25, -0.2) is 14.7 Å². The summed E-state index contributed by atoms with van der Waals surface area (Å²) in [4.78, 5) is 35.3. The Morgan fingerprint density at radius 1 is 1.32 bits per heavy atom. The van der Waals surface area contributed by atoms with Crippen molar-refractivity contribution in [1.29, 1.82) is 0 Å². The second kappa shape index (κ2) is 13.1. The Bertz CT molecular complexity index is 1000. The van der Waals surface area contributed by atoms with Crippen molar-refractivity contribution in [2.24, 2.45) is 0 Å². The largest absolute Gasteiger partial charge is 0.470 e. The quantitative estimate of drug-likeness (QED) is 0.263. The smallest absolute Gasteiger partial charge is 0.332 e. The van der Waals surface area contributed by atoms with E-state index in [1.54, 1.807) is 25.1 Å². The van der Waals surface area contributed by atoms with E-state index >= 15 is 0 Å². The predicted octanol–water partition coefficient (Wildman–Crippen LogP) is 5.58. The Labute approximate surface area is 219 Å². The number of allylic oxidation sites excluding steroid dienone is 2. The monoisotopic (exact) mass is 557 g/mol. The van der Waals surface area contributed by atoms with Crippen molar-refractivity contribution in [2.45, 2.75) is 6.92 Å².